The minimum absolute atomic E-state index is 0.330. The van der Waals surface area contributed by atoms with Crippen molar-refractivity contribution in [3.63, 3.8) is 0 Å². The maximum Gasteiger partial charge on any atom is 0.417 e. The molecule has 1 amide bonds. The van der Waals surface area contributed by atoms with E-state index in [1.165, 1.54) is 12.1 Å². The third kappa shape index (κ3) is 4.41. The average molecular weight is 291 g/mol. The summed E-state index contributed by atoms with van der Waals surface area (Å²) in [6.45, 7) is 2.86. The summed E-state index contributed by atoms with van der Waals surface area (Å²) in [5.74, 6) is -0.329. The number of alkyl halides is 3. The van der Waals surface area contributed by atoms with E-state index in [0.29, 0.717) is 25.0 Å². The molecule has 0 saturated carbocycles. The van der Waals surface area contributed by atoms with E-state index in [-0.39, 0.29) is 0 Å². The van der Waals surface area contributed by atoms with Gasteiger partial charge in [-0.3, -0.25) is 4.79 Å². The van der Waals surface area contributed by atoms with E-state index < -0.39 is 24.1 Å². The zero-order valence-electron chi connectivity index (χ0n) is 11.1. The molecule has 0 fully saturated rings. The quantitative estimate of drug-likeness (QED) is 0.877. The lowest BCUT2D eigenvalue weighted by Gasteiger charge is -2.25. The Morgan fingerprint density at radius 1 is 1.30 bits per heavy atom. The smallest absolute Gasteiger partial charge is 0.417 e. The van der Waals surface area contributed by atoms with Gasteiger partial charge in [0, 0.05) is 5.69 Å². The highest BCUT2D eigenvalue weighted by atomic mass is 19.4. The van der Waals surface area contributed by atoms with Crippen LogP contribution in [-0.2, 0) is 4.79 Å². The second kappa shape index (κ2) is 6.13. The second-order valence-electron chi connectivity index (χ2n) is 4.45. The average Bonchev–Trinajstić information content (AvgIpc) is 2.29. The van der Waals surface area contributed by atoms with Crippen LogP contribution in [0.1, 0.15) is 20.3 Å². The first-order valence-electron chi connectivity index (χ1n) is 5.97. The molecule has 0 heterocycles. The highest BCUT2D eigenvalue weighted by Gasteiger charge is 2.50. The number of anilines is 1. The van der Waals surface area contributed by atoms with Crippen LogP contribution < -0.4 is 10.1 Å². The van der Waals surface area contributed by atoms with Crippen molar-refractivity contribution in [3.05, 3.63) is 24.3 Å². The van der Waals surface area contributed by atoms with Crippen LogP contribution in [0.2, 0.25) is 0 Å². The summed E-state index contributed by atoms with van der Waals surface area (Å²) in [7, 11) is 0. The monoisotopic (exact) mass is 291 g/mol. The maximum absolute atomic E-state index is 12.4. The fourth-order valence-corrected chi connectivity index (χ4v) is 1.42. The van der Waals surface area contributed by atoms with E-state index >= 15 is 0 Å². The predicted molar refractivity (Wildman–Crippen MR) is 67.5 cm³/mol. The number of nitrogens with one attached hydrogen (secondary N) is 1. The Kier molecular flexibility index (Phi) is 4.99. The number of benzene rings is 1. The fraction of sp³-hybridized carbons (Fsp3) is 0.462. The van der Waals surface area contributed by atoms with E-state index in [9.17, 15) is 23.1 Å². The summed E-state index contributed by atoms with van der Waals surface area (Å²) >= 11 is 0. The normalized spacial score (nSPS) is 14.5. The van der Waals surface area contributed by atoms with E-state index in [1.807, 2.05) is 6.92 Å². The van der Waals surface area contributed by atoms with Gasteiger partial charge in [-0.15, -0.1) is 0 Å². The molecule has 2 N–H and O–H groups in total. The van der Waals surface area contributed by atoms with Crippen LogP contribution in [-0.4, -0.2) is 29.4 Å². The van der Waals surface area contributed by atoms with Gasteiger partial charge in [-0.2, -0.15) is 13.2 Å². The molecule has 0 aliphatic carbocycles. The summed E-state index contributed by atoms with van der Waals surface area (Å²) in [5, 5.41) is 11.5. The molecule has 7 heteroatoms. The van der Waals surface area contributed by atoms with Crippen molar-refractivity contribution in [2.24, 2.45) is 0 Å². The molecule has 0 aromatic heterocycles. The molecule has 0 radical (unpaired) electrons. The minimum Gasteiger partial charge on any atom is -0.494 e. The van der Waals surface area contributed by atoms with Crippen LogP contribution in [0.3, 0.4) is 0 Å². The number of aliphatic hydroxyl groups is 1. The highest BCUT2D eigenvalue weighted by molar-refractivity contribution is 5.91. The Labute approximate surface area is 114 Å². The zero-order chi connectivity index (χ0) is 15.4. The summed E-state index contributed by atoms with van der Waals surface area (Å²) in [5.41, 5.74) is -2.72. The Morgan fingerprint density at radius 2 is 1.85 bits per heavy atom. The predicted octanol–water partition coefficient (Wildman–Crippen LogP) is 2.73. The maximum atomic E-state index is 12.4. The van der Waals surface area contributed by atoms with Crippen molar-refractivity contribution in [1.29, 1.82) is 0 Å². The summed E-state index contributed by atoms with van der Waals surface area (Å²) in [6.07, 6.45) is -5.92. The molecule has 0 unspecified atom stereocenters. The number of hydrogen-bond acceptors (Lipinski definition) is 3. The van der Waals surface area contributed by atoms with Crippen molar-refractivity contribution < 1.29 is 27.8 Å². The SMILES string of the molecule is CCOc1ccc(NC(=O)C[C@](C)(O)C(F)(F)F)cc1. The molecule has 0 bridgehead atoms. The number of carbonyl (C=O) groups excluding carboxylic acids is 1. The molecule has 20 heavy (non-hydrogen) atoms. The second-order valence-corrected chi connectivity index (χ2v) is 4.45. The van der Waals surface area contributed by atoms with E-state index in [2.05, 4.69) is 5.32 Å². The molecular weight excluding hydrogens is 275 g/mol. The highest BCUT2D eigenvalue weighted by Crippen LogP contribution is 2.32. The Balaban J connectivity index is 2.63. The topological polar surface area (TPSA) is 58.6 Å². The Bertz CT molecular complexity index is 455. The molecule has 0 aliphatic heterocycles. The van der Waals surface area contributed by atoms with Crippen molar-refractivity contribution in [2.75, 3.05) is 11.9 Å². The van der Waals surface area contributed by atoms with Gasteiger partial charge in [0.25, 0.3) is 0 Å². The summed E-state index contributed by atoms with van der Waals surface area (Å²) in [4.78, 5) is 11.5. The van der Waals surface area contributed by atoms with Gasteiger partial charge in [0.05, 0.1) is 13.0 Å². The number of halogens is 3. The first-order valence-corrected chi connectivity index (χ1v) is 5.97. The zero-order valence-corrected chi connectivity index (χ0v) is 11.1. The van der Waals surface area contributed by atoms with Gasteiger partial charge in [-0.25, -0.2) is 0 Å². The van der Waals surface area contributed by atoms with Crippen LogP contribution in [0.5, 0.6) is 5.75 Å². The van der Waals surface area contributed by atoms with Crippen molar-refractivity contribution in [2.45, 2.75) is 32.0 Å². The van der Waals surface area contributed by atoms with Crippen LogP contribution in [0.15, 0.2) is 24.3 Å². The molecule has 0 spiro atoms. The summed E-state index contributed by atoms with van der Waals surface area (Å²) in [6, 6.07) is 6.18. The minimum atomic E-state index is -4.86. The third-order valence-corrected chi connectivity index (χ3v) is 2.56. The number of ether oxygens (including phenoxy) is 1. The van der Waals surface area contributed by atoms with Gasteiger partial charge >= 0.3 is 6.18 Å². The van der Waals surface area contributed by atoms with Crippen LogP contribution in [0.25, 0.3) is 0 Å². The molecule has 1 atom stereocenters. The van der Waals surface area contributed by atoms with Gasteiger partial charge in [-0.1, -0.05) is 0 Å². The van der Waals surface area contributed by atoms with Gasteiger partial charge in [-0.05, 0) is 38.1 Å². The van der Waals surface area contributed by atoms with E-state index in [1.54, 1.807) is 12.1 Å². The largest absolute Gasteiger partial charge is 0.494 e. The molecule has 1 rings (SSSR count). The number of carbonyl (C=O) groups is 1. The number of amides is 1. The molecule has 0 saturated heterocycles. The molecular formula is C13H16F3NO3. The van der Waals surface area contributed by atoms with Crippen LogP contribution in [0.4, 0.5) is 18.9 Å². The fourth-order valence-electron chi connectivity index (χ4n) is 1.42. The summed E-state index contributed by atoms with van der Waals surface area (Å²) < 4.78 is 42.5. The van der Waals surface area contributed by atoms with Crippen molar-refractivity contribution in [1.82, 2.24) is 0 Å². The molecule has 4 nitrogen and oxygen atoms in total. The molecule has 1 aromatic carbocycles. The Hall–Kier alpha value is -1.76. The lowest BCUT2D eigenvalue weighted by atomic mass is 10.0. The van der Waals surface area contributed by atoms with Gasteiger partial charge in [0.15, 0.2) is 5.60 Å². The number of hydrogen-bond donors (Lipinski definition) is 2. The molecule has 1 aromatic rings. The molecule has 112 valence electrons. The van der Waals surface area contributed by atoms with Crippen LogP contribution in [0, 0.1) is 0 Å². The molecule has 0 aliphatic rings. The van der Waals surface area contributed by atoms with Crippen molar-refractivity contribution in [3.8, 4) is 5.75 Å². The standard InChI is InChI=1S/C13H16F3NO3/c1-3-20-10-6-4-9(5-7-10)17-11(18)8-12(2,19)13(14,15)16/h4-7,19H,3,8H2,1-2H3,(H,17,18)/t12-/m0/s1. The van der Waals surface area contributed by atoms with E-state index in [4.69, 9.17) is 4.74 Å². The lowest BCUT2D eigenvalue weighted by molar-refractivity contribution is -0.252. The van der Waals surface area contributed by atoms with Gasteiger partial charge in [0.2, 0.25) is 5.91 Å². The third-order valence-electron chi connectivity index (χ3n) is 2.56. The Morgan fingerprint density at radius 3 is 2.30 bits per heavy atom. The number of rotatable bonds is 5. The first kappa shape index (κ1) is 16.3. The lowest BCUT2D eigenvalue weighted by Crippen LogP contribution is -2.44. The first-order chi connectivity index (χ1) is 9.15. The van der Waals surface area contributed by atoms with E-state index in [0.717, 1.165) is 0 Å². The van der Waals surface area contributed by atoms with Crippen molar-refractivity contribution >= 4 is 11.6 Å². The van der Waals surface area contributed by atoms with Gasteiger partial charge in [0.1, 0.15) is 5.75 Å². The van der Waals surface area contributed by atoms with Gasteiger partial charge < -0.3 is 15.2 Å². The van der Waals surface area contributed by atoms with Crippen LogP contribution >= 0.6 is 0 Å².